The lowest BCUT2D eigenvalue weighted by molar-refractivity contribution is -0.612. The average molecular weight is 220 g/mol. The Kier molecular flexibility index (Phi) is 3.24. The maximum Gasteiger partial charge on any atom is 0.426 e. The molecular weight excluding hydrogens is 210 g/mol. The Morgan fingerprint density at radius 2 is 1.71 bits per heavy atom. The van der Waals surface area contributed by atoms with Crippen molar-refractivity contribution in [2.45, 2.75) is 0 Å². The molecule has 0 N–H and O–H groups in total. The number of ether oxygens (including phenoxy) is 3. The van der Waals surface area contributed by atoms with Gasteiger partial charge in [0.05, 0.1) is 21.3 Å². The van der Waals surface area contributed by atoms with Gasteiger partial charge < -0.3 is 19.4 Å². The van der Waals surface area contributed by atoms with Gasteiger partial charge in [-0.1, -0.05) is 11.6 Å². The summed E-state index contributed by atoms with van der Waals surface area (Å²) in [5, 5.41) is 11.5. The normalized spacial score (nSPS) is 9.71. The Morgan fingerprint density at radius 3 is 2.14 bits per heavy atom. The molecule has 6 heteroatoms. The molecule has 1 aromatic rings. The van der Waals surface area contributed by atoms with Crippen molar-refractivity contribution in [3.8, 4) is 17.4 Å². The number of hydrogen-bond donors (Lipinski definition) is 0. The molecule has 0 fully saturated rings. The molecule has 78 valence electrons. The van der Waals surface area contributed by atoms with Crippen molar-refractivity contribution in [3.63, 3.8) is 0 Å². The van der Waals surface area contributed by atoms with Crippen LogP contribution in [-0.4, -0.2) is 21.3 Å². The van der Waals surface area contributed by atoms with Crippen LogP contribution in [0.2, 0.25) is 5.02 Å². The second-order valence-electron chi connectivity index (χ2n) is 2.38. The predicted molar refractivity (Wildman–Crippen MR) is 50.1 cm³/mol. The highest BCUT2D eigenvalue weighted by Gasteiger charge is 2.24. The van der Waals surface area contributed by atoms with Crippen LogP contribution in [0.5, 0.6) is 17.4 Å². The van der Waals surface area contributed by atoms with E-state index in [9.17, 15) is 5.21 Å². The van der Waals surface area contributed by atoms with Gasteiger partial charge in [-0.2, -0.15) is 0 Å². The number of methoxy groups -OCH3 is 3. The molecular formula is C8H10ClNO4. The molecule has 0 aliphatic carbocycles. The highest BCUT2D eigenvalue weighted by atomic mass is 35.5. The molecule has 1 rings (SSSR count). The summed E-state index contributed by atoms with van der Waals surface area (Å²) in [4.78, 5) is 0. The predicted octanol–water partition coefficient (Wildman–Crippen LogP) is 0.999. The number of nitrogens with zero attached hydrogens (tertiary/aromatic N) is 1. The number of pyridine rings is 1. The minimum Gasteiger partial charge on any atom is -0.616 e. The second kappa shape index (κ2) is 4.23. The standard InChI is InChI=1S/C8H10ClNO4/c1-12-6-5(9)4-10(11)8(14-3)7(6)13-2/h4H,1-3H3. The molecule has 0 aromatic carbocycles. The summed E-state index contributed by atoms with van der Waals surface area (Å²) in [5.41, 5.74) is 0. The van der Waals surface area contributed by atoms with E-state index >= 15 is 0 Å². The van der Waals surface area contributed by atoms with Gasteiger partial charge >= 0.3 is 5.88 Å². The fraction of sp³-hybridized carbons (Fsp3) is 0.375. The van der Waals surface area contributed by atoms with Crippen molar-refractivity contribution < 1.29 is 18.9 Å². The third-order valence-corrected chi connectivity index (χ3v) is 1.92. The van der Waals surface area contributed by atoms with Crippen LogP contribution in [0.15, 0.2) is 6.20 Å². The lowest BCUT2D eigenvalue weighted by atomic mass is 10.4. The van der Waals surface area contributed by atoms with Crippen LogP contribution < -0.4 is 18.9 Å². The van der Waals surface area contributed by atoms with Crippen molar-refractivity contribution in [1.82, 2.24) is 0 Å². The quantitative estimate of drug-likeness (QED) is 0.562. The third kappa shape index (κ3) is 1.63. The number of hydrogen-bond acceptors (Lipinski definition) is 4. The SMILES string of the molecule is COc1c(Cl)c[n+]([O-])c(OC)c1OC. The highest BCUT2D eigenvalue weighted by Crippen LogP contribution is 2.38. The largest absolute Gasteiger partial charge is 0.616 e. The minimum atomic E-state index is 0.00810. The lowest BCUT2D eigenvalue weighted by Crippen LogP contribution is -2.28. The van der Waals surface area contributed by atoms with E-state index in [1.807, 2.05) is 0 Å². The van der Waals surface area contributed by atoms with Gasteiger partial charge in [0.2, 0.25) is 6.20 Å². The van der Waals surface area contributed by atoms with Gasteiger partial charge in [0.1, 0.15) is 0 Å². The summed E-state index contributed by atoms with van der Waals surface area (Å²) in [6.07, 6.45) is 1.14. The minimum absolute atomic E-state index is 0.00810. The van der Waals surface area contributed by atoms with Gasteiger partial charge in [-0.15, -0.1) is 4.73 Å². The molecule has 0 bridgehead atoms. The zero-order chi connectivity index (χ0) is 10.7. The maximum absolute atomic E-state index is 11.3. The van der Waals surface area contributed by atoms with Gasteiger partial charge in [0, 0.05) is 0 Å². The van der Waals surface area contributed by atoms with Gasteiger partial charge in [0.15, 0.2) is 10.8 Å². The number of rotatable bonds is 3. The van der Waals surface area contributed by atoms with E-state index in [4.69, 9.17) is 25.8 Å². The number of aromatic nitrogens is 1. The van der Waals surface area contributed by atoms with E-state index in [1.165, 1.54) is 21.3 Å². The Hall–Kier alpha value is -1.36. The zero-order valence-electron chi connectivity index (χ0n) is 8.04. The number of halogens is 1. The second-order valence-corrected chi connectivity index (χ2v) is 2.79. The molecule has 0 aliphatic rings. The average Bonchev–Trinajstić information content (AvgIpc) is 2.16. The van der Waals surface area contributed by atoms with Crippen LogP contribution >= 0.6 is 11.6 Å². The van der Waals surface area contributed by atoms with Crippen LogP contribution in [0.3, 0.4) is 0 Å². The summed E-state index contributed by atoms with van der Waals surface area (Å²) >= 11 is 5.76. The van der Waals surface area contributed by atoms with Gasteiger partial charge in [-0.05, 0) is 0 Å². The van der Waals surface area contributed by atoms with Gasteiger partial charge in [-0.3, -0.25) is 0 Å². The molecule has 0 saturated heterocycles. The monoisotopic (exact) mass is 219 g/mol. The Morgan fingerprint density at radius 1 is 1.14 bits per heavy atom. The van der Waals surface area contributed by atoms with Crippen LogP contribution in [0.1, 0.15) is 0 Å². The Bertz CT molecular complexity index is 314. The van der Waals surface area contributed by atoms with E-state index in [-0.39, 0.29) is 22.4 Å². The van der Waals surface area contributed by atoms with Crippen LogP contribution in [0.4, 0.5) is 0 Å². The molecule has 0 aliphatic heterocycles. The van der Waals surface area contributed by atoms with Gasteiger partial charge in [0.25, 0.3) is 5.75 Å². The highest BCUT2D eigenvalue weighted by molar-refractivity contribution is 6.32. The molecule has 0 radical (unpaired) electrons. The first-order valence-electron chi connectivity index (χ1n) is 3.73. The molecule has 0 unspecified atom stereocenters. The fourth-order valence-electron chi connectivity index (χ4n) is 1.08. The molecule has 1 heterocycles. The molecule has 0 atom stereocenters. The molecule has 5 nitrogen and oxygen atoms in total. The smallest absolute Gasteiger partial charge is 0.426 e. The summed E-state index contributed by atoms with van der Waals surface area (Å²) in [5.74, 6) is 0.462. The van der Waals surface area contributed by atoms with Crippen molar-refractivity contribution >= 4 is 11.6 Å². The summed E-state index contributed by atoms with van der Waals surface area (Å²) in [7, 11) is 4.19. The van der Waals surface area contributed by atoms with E-state index in [2.05, 4.69) is 0 Å². The van der Waals surface area contributed by atoms with Crippen LogP contribution in [-0.2, 0) is 0 Å². The Balaban J connectivity index is 3.43. The fourth-order valence-corrected chi connectivity index (χ4v) is 1.33. The maximum atomic E-state index is 11.3. The van der Waals surface area contributed by atoms with Crippen molar-refractivity contribution in [2.75, 3.05) is 21.3 Å². The van der Waals surface area contributed by atoms with Gasteiger partial charge in [-0.25, -0.2) is 0 Å². The summed E-state index contributed by atoms with van der Waals surface area (Å²) in [6.45, 7) is 0. The van der Waals surface area contributed by atoms with E-state index in [0.29, 0.717) is 4.73 Å². The molecule has 1 aromatic heterocycles. The first-order valence-corrected chi connectivity index (χ1v) is 4.11. The molecule has 14 heavy (non-hydrogen) atoms. The first-order chi connectivity index (χ1) is 6.65. The topological polar surface area (TPSA) is 54.6 Å². The third-order valence-electron chi connectivity index (χ3n) is 1.65. The van der Waals surface area contributed by atoms with Crippen molar-refractivity contribution in [2.24, 2.45) is 0 Å². The first kappa shape index (κ1) is 10.7. The molecule has 0 saturated carbocycles. The zero-order valence-corrected chi connectivity index (χ0v) is 8.79. The van der Waals surface area contributed by atoms with E-state index in [0.717, 1.165) is 6.20 Å². The lowest BCUT2D eigenvalue weighted by Gasteiger charge is -2.11. The van der Waals surface area contributed by atoms with E-state index in [1.54, 1.807) is 0 Å². The Labute approximate surface area is 86.3 Å². The summed E-state index contributed by atoms with van der Waals surface area (Å²) in [6, 6.07) is 0. The van der Waals surface area contributed by atoms with Crippen LogP contribution in [0, 0.1) is 5.21 Å². The molecule has 0 amide bonds. The molecule has 0 spiro atoms. The van der Waals surface area contributed by atoms with Crippen molar-refractivity contribution in [3.05, 3.63) is 16.4 Å². The van der Waals surface area contributed by atoms with Crippen molar-refractivity contribution in [1.29, 1.82) is 0 Å². The van der Waals surface area contributed by atoms with E-state index < -0.39 is 0 Å². The summed E-state index contributed by atoms with van der Waals surface area (Å²) < 4.78 is 15.3. The van der Waals surface area contributed by atoms with Crippen LogP contribution in [0.25, 0.3) is 0 Å².